The van der Waals surface area contributed by atoms with E-state index >= 15 is 0 Å². The van der Waals surface area contributed by atoms with Gasteiger partial charge in [-0.1, -0.05) is 41.4 Å². The first-order valence-corrected chi connectivity index (χ1v) is 8.97. The number of hydrogen-bond donors (Lipinski definition) is 1. The summed E-state index contributed by atoms with van der Waals surface area (Å²) in [5, 5.41) is 2.92. The summed E-state index contributed by atoms with van der Waals surface area (Å²) in [6.07, 6.45) is 0. The second kappa shape index (κ2) is 7.09. The van der Waals surface area contributed by atoms with Crippen LogP contribution in [0.2, 0.25) is 5.02 Å². The van der Waals surface area contributed by atoms with E-state index in [1.165, 1.54) is 32.3 Å². The van der Waals surface area contributed by atoms with Gasteiger partial charge < -0.3 is 5.32 Å². The lowest BCUT2D eigenvalue weighted by molar-refractivity contribution is -0.116. The minimum Gasteiger partial charge on any atom is -0.324 e. The van der Waals surface area contributed by atoms with E-state index in [0.717, 1.165) is 4.31 Å². The van der Waals surface area contributed by atoms with Crippen molar-refractivity contribution in [1.82, 2.24) is 4.31 Å². The molecule has 1 atom stereocenters. The van der Waals surface area contributed by atoms with Gasteiger partial charge in [0.2, 0.25) is 15.9 Å². The van der Waals surface area contributed by atoms with Crippen LogP contribution in [0.3, 0.4) is 0 Å². The van der Waals surface area contributed by atoms with Gasteiger partial charge in [0, 0.05) is 14.1 Å². The van der Waals surface area contributed by atoms with Crippen molar-refractivity contribution >= 4 is 49.1 Å². The molecule has 0 saturated carbocycles. The van der Waals surface area contributed by atoms with Crippen LogP contribution in [0.25, 0.3) is 0 Å². The van der Waals surface area contributed by atoms with Crippen LogP contribution >= 0.6 is 27.5 Å². The van der Waals surface area contributed by atoms with Crippen LogP contribution in [-0.2, 0) is 14.8 Å². The molecule has 0 aliphatic heterocycles. The van der Waals surface area contributed by atoms with Crippen molar-refractivity contribution in [1.29, 1.82) is 0 Å². The second-order valence-corrected chi connectivity index (χ2v) is 8.61. The Morgan fingerprint density at radius 2 is 1.90 bits per heavy atom. The summed E-state index contributed by atoms with van der Waals surface area (Å²) in [6, 6.07) is 4.21. The minimum absolute atomic E-state index is 0.0721. The van der Waals surface area contributed by atoms with Crippen molar-refractivity contribution in [3.8, 4) is 0 Å². The molecule has 0 heterocycles. The molecule has 1 aromatic carbocycles. The Labute approximate surface area is 138 Å². The number of alkyl halides is 1. The van der Waals surface area contributed by atoms with E-state index in [1.54, 1.807) is 0 Å². The molecule has 0 aliphatic rings. The standard InChI is InChI=1S/C13H18BrClN2O3S/c1-8(2)12(14)13(18)16-11-7-9(5-6-10(11)15)21(19,20)17(3)4/h5-8,12H,1-4H3,(H,16,18). The summed E-state index contributed by atoms with van der Waals surface area (Å²) >= 11 is 9.31. The second-order valence-electron chi connectivity index (χ2n) is 5.06. The highest BCUT2D eigenvalue weighted by atomic mass is 79.9. The lowest BCUT2D eigenvalue weighted by Crippen LogP contribution is -2.27. The minimum atomic E-state index is -3.58. The summed E-state index contributed by atoms with van der Waals surface area (Å²) in [5.41, 5.74) is 0.273. The predicted molar refractivity (Wildman–Crippen MR) is 88.5 cm³/mol. The fourth-order valence-electron chi connectivity index (χ4n) is 1.48. The highest BCUT2D eigenvalue weighted by Crippen LogP contribution is 2.27. The zero-order chi connectivity index (χ0) is 16.4. The molecule has 1 rings (SSSR count). The lowest BCUT2D eigenvalue weighted by Gasteiger charge is -2.16. The Morgan fingerprint density at radius 1 is 1.33 bits per heavy atom. The molecule has 0 radical (unpaired) electrons. The van der Waals surface area contributed by atoms with Gasteiger partial charge in [-0.3, -0.25) is 4.79 Å². The normalized spacial score (nSPS) is 13.5. The number of nitrogens with one attached hydrogen (secondary N) is 1. The first-order chi connectivity index (χ1) is 9.57. The molecule has 1 unspecified atom stereocenters. The number of carbonyl (C=O) groups excluding carboxylic acids is 1. The van der Waals surface area contributed by atoms with E-state index in [2.05, 4.69) is 21.2 Å². The zero-order valence-corrected chi connectivity index (χ0v) is 15.4. The molecule has 1 amide bonds. The SMILES string of the molecule is CC(C)C(Br)C(=O)Nc1cc(S(=O)(=O)N(C)C)ccc1Cl. The Bertz CT molecular complexity index is 632. The molecule has 1 N–H and O–H groups in total. The average molecular weight is 398 g/mol. The molecule has 0 fully saturated rings. The first kappa shape index (κ1) is 18.4. The summed E-state index contributed by atoms with van der Waals surface area (Å²) < 4.78 is 25.3. The molecular formula is C13H18BrClN2O3S. The topological polar surface area (TPSA) is 66.5 Å². The smallest absolute Gasteiger partial charge is 0.242 e. The van der Waals surface area contributed by atoms with E-state index in [0.29, 0.717) is 0 Å². The van der Waals surface area contributed by atoms with E-state index in [9.17, 15) is 13.2 Å². The van der Waals surface area contributed by atoms with Crippen LogP contribution in [0.15, 0.2) is 23.1 Å². The maximum absolute atomic E-state index is 12.1. The molecule has 0 aromatic heterocycles. The van der Waals surface area contributed by atoms with Crippen molar-refractivity contribution in [2.24, 2.45) is 5.92 Å². The van der Waals surface area contributed by atoms with Crippen LogP contribution in [-0.4, -0.2) is 37.6 Å². The fraction of sp³-hybridized carbons (Fsp3) is 0.462. The number of halogens is 2. The van der Waals surface area contributed by atoms with Crippen molar-refractivity contribution in [3.05, 3.63) is 23.2 Å². The Balaban J connectivity index is 3.13. The fourth-order valence-corrected chi connectivity index (χ4v) is 2.68. The lowest BCUT2D eigenvalue weighted by atomic mass is 10.1. The molecule has 1 aromatic rings. The van der Waals surface area contributed by atoms with Crippen LogP contribution in [0.1, 0.15) is 13.8 Å². The van der Waals surface area contributed by atoms with E-state index in [4.69, 9.17) is 11.6 Å². The molecule has 21 heavy (non-hydrogen) atoms. The maximum Gasteiger partial charge on any atom is 0.242 e. The van der Waals surface area contributed by atoms with Gasteiger partial charge in [0.1, 0.15) is 0 Å². The van der Waals surface area contributed by atoms with Crippen LogP contribution in [0, 0.1) is 5.92 Å². The summed E-state index contributed by atoms with van der Waals surface area (Å²) in [6.45, 7) is 3.79. The Morgan fingerprint density at radius 3 is 2.38 bits per heavy atom. The van der Waals surface area contributed by atoms with Crippen LogP contribution < -0.4 is 5.32 Å². The van der Waals surface area contributed by atoms with Crippen molar-refractivity contribution in [3.63, 3.8) is 0 Å². The summed E-state index contributed by atoms with van der Waals surface area (Å²) in [5.74, 6) is -0.177. The molecule has 0 aliphatic carbocycles. The number of hydrogen-bond acceptors (Lipinski definition) is 3. The highest BCUT2D eigenvalue weighted by molar-refractivity contribution is 9.10. The molecule has 0 bridgehead atoms. The van der Waals surface area contributed by atoms with Crippen molar-refractivity contribution in [2.45, 2.75) is 23.6 Å². The first-order valence-electron chi connectivity index (χ1n) is 6.24. The molecule has 5 nitrogen and oxygen atoms in total. The summed E-state index contributed by atoms with van der Waals surface area (Å²) in [7, 11) is -0.697. The van der Waals surface area contributed by atoms with Crippen molar-refractivity contribution in [2.75, 3.05) is 19.4 Å². The molecule has 118 valence electrons. The molecule has 0 spiro atoms. The number of benzene rings is 1. The van der Waals surface area contributed by atoms with Gasteiger partial charge in [-0.15, -0.1) is 0 Å². The van der Waals surface area contributed by atoms with Gasteiger partial charge in [-0.25, -0.2) is 12.7 Å². The predicted octanol–water partition coefficient (Wildman–Crippen LogP) is 2.95. The number of nitrogens with zero attached hydrogens (tertiary/aromatic N) is 1. The van der Waals surface area contributed by atoms with Gasteiger partial charge in [0.15, 0.2) is 0 Å². The number of carbonyl (C=O) groups is 1. The van der Waals surface area contributed by atoms with Crippen LogP contribution in [0.5, 0.6) is 0 Å². The van der Waals surface area contributed by atoms with E-state index < -0.39 is 10.0 Å². The average Bonchev–Trinajstić information content (AvgIpc) is 2.39. The Kier molecular flexibility index (Phi) is 6.22. The number of sulfonamides is 1. The van der Waals surface area contributed by atoms with Gasteiger partial charge in [0.05, 0.1) is 20.4 Å². The maximum atomic E-state index is 12.1. The van der Waals surface area contributed by atoms with Crippen LogP contribution in [0.4, 0.5) is 5.69 Å². The van der Waals surface area contributed by atoms with Gasteiger partial charge in [-0.05, 0) is 24.1 Å². The van der Waals surface area contributed by atoms with Gasteiger partial charge >= 0.3 is 0 Å². The number of anilines is 1. The van der Waals surface area contributed by atoms with Crippen molar-refractivity contribution < 1.29 is 13.2 Å². The van der Waals surface area contributed by atoms with Gasteiger partial charge in [0.25, 0.3) is 0 Å². The zero-order valence-electron chi connectivity index (χ0n) is 12.2. The third-order valence-corrected chi connectivity index (χ3v) is 6.42. The third-order valence-electron chi connectivity index (χ3n) is 2.81. The molecule has 0 saturated heterocycles. The monoisotopic (exact) mass is 396 g/mol. The molecule has 8 heteroatoms. The van der Waals surface area contributed by atoms with E-state index in [-0.39, 0.29) is 32.3 Å². The van der Waals surface area contributed by atoms with Gasteiger partial charge in [-0.2, -0.15) is 0 Å². The number of rotatable bonds is 5. The number of amides is 1. The quantitative estimate of drug-likeness (QED) is 0.777. The highest BCUT2D eigenvalue weighted by Gasteiger charge is 2.22. The van der Waals surface area contributed by atoms with E-state index in [1.807, 2.05) is 13.8 Å². The summed E-state index contributed by atoms with van der Waals surface area (Å²) in [4.78, 5) is 11.7. The molecular weight excluding hydrogens is 380 g/mol. The third kappa shape index (κ3) is 4.42. The Hall–Kier alpha value is -0.630. The largest absolute Gasteiger partial charge is 0.324 e.